The summed E-state index contributed by atoms with van der Waals surface area (Å²) < 4.78 is 43.6. The van der Waals surface area contributed by atoms with E-state index in [4.69, 9.17) is 4.74 Å². The van der Waals surface area contributed by atoms with Crippen LogP contribution < -0.4 is 5.32 Å². The van der Waals surface area contributed by atoms with Gasteiger partial charge in [-0.25, -0.2) is 0 Å². The lowest BCUT2D eigenvalue weighted by atomic mass is 10.0. The summed E-state index contributed by atoms with van der Waals surface area (Å²) in [5, 5.41) is 9.48. The van der Waals surface area contributed by atoms with E-state index in [1.54, 1.807) is 19.2 Å². The lowest BCUT2D eigenvalue weighted by Crippen LogP contribution is -2.07. The molecule has 0 aliphatic heterocycles. The van der Waals surface area contributed by atoms with E-state index in [9.17, 15) is 13.2 Å². The van der Waals surface area contributed by atoms with Gasteiger partial charge in [0.05, 0.1) is 17.9 Å². The van der Waals surface area contributed by atoms with Crippen LogP contribution in [-0.2, 0) is 10.9 Å². The number of H-pyrrole nitrogens is 1. The van der Waals surface area contributed by atoms with Crippen LogP contribution in [-0.4, -0.2) is 30.5 Å². The topological polar surface area (TPSA) is 49.9 Å². The van der Waals surface area contributed by atoms with Crippen molar-refractivity contribution in [1.82, 2.24) is 10.2 Å². The van der Waals surface area contributed by atoms with Gasteiger partial charge in [-0.05, 0) is 6.07 Å². The van der Waals surface area contributed by atoms with Crippen LogP contribution in [0.3, 0.4) is 0 Å². The Hall–Kier alpha value is -2.02. The van der Waals surface area contributed by atoms with Crippen molar-refractivity contribution in [2.45, 2.75) is 6.18 Å². The maximum atomic E-state index is 12.9. The third-order valence-electron chi connectivity index (χ3n) is 2.71. The zero-order valence-corrected chi connectivity index (χ0v) is 10.8. The van der Waals surface area contributed by atoms with Crippen molar-refractivity contribution < 1.29 is 17.9 Å². The average Bonchev–Trinajstić information content (AvgIpc) is 2.87. The zero-order valence-electron chi connectivity index (χ0n) is 10.8. The Labute approximate surface area is 114 Å². The molecule has 20 heavy (non-hydrogen) atoms. The number of ether oxygens (including phenoxy) is 1. The second-order valence-electron chi connectivity index (χ2n) is 4.13. The number of hydrogen-bond acceptors (Lipinski definition) is 3. The van der Waals surface area contributed by atoms with Crippen LogP contribution in [0, 0.1) is 0 Å². The number of rotatable bonds is 5. The Morgan fingerprint density at radius 1 is 1.30 bits per heavy atom. The van der Waals surface area contributed by atoms with Crippen molar-refractivity contribution in [2.24, 2.45) is 0 Å². The van der Waals surface area contributed by atoms with Gasteiger partial charge in [-0.1, -0.05) is 18.2 Å². The largest absolute Gasteiger partial charge is 0.417 e. The number of hydrogen-bond donors (Lipinski definition) is 2. The van der Waals surface area contributed by atoms with Gasteiger partial charge in [-0.2, -0.15) is 18.3 Å². The Bertz CT molecular complexity index is 566. The molecule has 7 heteroatoms. The molecule has 0 saturated heterocycles. The van der Waals surface area contributed by atoms with E-state index in [0.717, 1.165) is 6.07 Å². The number of aromatic amines is 1. The van der Waals surface area contributed by atoms with E-state index in [-0.39, 0.29) is 5.56 Å². The van der Waals surface area contributed by atoms with Gasteiger partial charge in [0.2, 0.25) is 0 Å². The molecule has 0 spiro atoms. The van der Waals surface area contributed by atoms with Crippen LogP contribution in [0.5, 0.6) is 0 Å². The molecule has 108 valence electrons. The molecule has 0 saturated carbocycles. The smallest absolute Gasteiger partial charge is 0.383 e. The number of nitrogens with zero attached hydrogens (tertiary/aromatic N) is 1. The average molecular weight is 285 g/mol. The summed E-state index contributed by atoms with van der Waals surface area (Å²) in [6, 6.07) is 6.92. The number of anilines is 1. The SMILES string of the molecule is COCCNc1cc(-c2ccccc2C(F)(F)F)[nH]n1. The third kappa shape index (κ3) is 3.30. The first kappa shape index (κ1) is 14.4. The minimum absolute atomic E-state index is 0.0762. The predicted molar refractivity (Wildman–Crippen MR) is 69.4 cm³/mol. The highest BCUT2D eigenvalue weighted by atomic mass is 19.4. The van der Waals surface area contributed by atoms with E-state index >= 15 is 0 Å². The standard InChI is InChI=1S/C13H14F3N3O/c1-20-7-6-17-12-8-11(18-19-12)9-4-2-3-5-10(9)13(14,15)16/h2-5,8H,6-7H2,1H3,(H2,17,18,19). The number of methoxy groups -OCH3 is 1. The van der Waals surface area contributed by atoms with Crippen LogP contribution in [0.2, 0.25) is 0 Å². The van der Waals surface area contributed by atoms with Crippen molar-refractivity contribution in [2.75, 3.05) is 25.6 Å². The van der Waals surface area contributed by atoms with Crippen molar-refractivity contribution in [1.29, 1.82) is 0 Å². The summed E-state index contributed by atoms with van der Waals surface area (Å²) >= 11 is 0. The van der Waals surface area contributed by atoms with Crippen molar-refractivity contribution >= 4 is 5.82 Å². The fourth-order valence-electron chi connectivity index (χ4n) is 1.80. The molecule has 0 aliphatic carbocycles. The van der Waals surface area contributed by atoms with Crippen LogP contribution in [0.4, 0.5) is 19.0 Å². The summed E-state index contributed by atoms with van der Waals surface area (Å²) in [7, 11) is 1.57. The second kappa shape index (κ2) is 5.96. The van der Waals surface area contributed by atoms with E-state index in [1.165, 1.54) is 12.1 Å². The normalized spacial score (nSPS) is 11.6. The summed E-state index contributed by atoms with van der Waals surface area (Å²) in [6.45, 7) is 1.02. The van der Waals surface area contributed by atoms with Crippen molar-refractivity contribution in [3.63, 3.8) is 0 Å². The van der Waals surface area contributed by atoms with E-state index in [1.807, 2.05) is 0 Å². The first-order valence-electron chi connectivity index (χ1n) is 5.97. The second-order valence-corrected chi connectivity index (χ2v) is 4.13. The first-order valence-corrected chi connectivity index (χ1v) is 5.97. The Balaban J connectivity index is 2.24. The van der Waals surface area contributed by atoms with Gasteiger partial charge in [0, 0.05) is 25.3 Å². The predicted octanol–water partition coefficient (Wildman–Crippen LogP) is 3.15. The molecule has 4 nitrogen and oxygen atoms in total. The molecule has 1 aromatic heterocycles. The highest BCUT2D eigenvalue weighted by Crippen LogP contribution is 2.36. The molecule has 0 unspecified atom stereocenters. The summed E-state index contributed by atoms with van der Waals surface area (Å²) in [5.74, 6) is 0.481. The van der Waals surface area contributed by atoms with Crippen LogP contribution in [0.1, 0.15) is 5.56 Å². The third-order valence-corrected chi connectivity index (χ3v) is 2.71. The molecular weight excluding hydrogens is 271 g/mol. The fourth-order valence-corrected chi connectivity index (χ4v) is 1.80. The fraction of sp³-hybridized carbons (Fsp3) is 0.308. The zero-order chi connectivity index (χ0) is 14.6. The van der Waals surface area contributed by atoms with E-state index in [0.29, 0.717) is 24.7 Å². The Kier molecular flexibility index (Phi) is 4.29. The molecule has 1 aromatic carbocycles. The lowest BCUT2D eigenvalue weighted by molar-refractivity contribution is -0.137. The van der Waals surface area contributed by atoms with Gasteiger partial charge in [0.15, 0.2) is 0 Å². The summed E-state index contributed by atoms with van der Waals surface area (Å²) in [4.78, 5) is 0. The van der Waals surface area contributed by atoms with Crippen molar-refractivity contribution in [3.8, 4) is 11.3 Å². The van der Waals surface area contributed by atoms with E-state index < -0.39 is 11.7 Å². The number of halogens is 3. The van der Waals surface area contributed by atoms with Gasteiger partial charge in [0.25, 0.3) is 0 Å². The minimum atomic E-state index is -4.40. The molecule has 0 bridgehead atoms. The highest BCUT2D eigenvalue weighted by Gasteiger charge is 2.33. The Morgan fingerprint density at radius 2 is 2.05 bits per heavy atom. The molecule has 0 radical (unpaired) electrons. The maximum absolute atomic E-state index is 12.9. The summed E-state index contributed by atoms with van der Waals surface area (Å²) in [5.41, 5.74) is -0.294. The molecule has 0 amide bonds. The highest BCUT2D eigenvalue weighted by molar-refractivity contribution is 5.67. The van der Waals surface area contributed by atoms with Crippen LogP contribution in [0.25, 0.3) is 11.3 Å². The van der Waals surface area contributed by atoms with Gasteiger partial charge in [-0.3, -0.25) is 5.10 Å². The number of benzene rings is 1. The first-order chi connectivity index (χ1) is 9.52. The number of aromatic nitrogens is 2. The molecule has 2 rings (SSSR count). The Morgan fingerprint density at radius 3 is 2.75 bits per heavy atom. The molecule has 0 atom stereocenters. The van der Waals surface area contributed by atoms with Gasteiger partial charge >= 0.3 is 6.18 Å². The summed E-state index contributed by atoms with van der Waals surface area (Å²) in [6.07, 6.45) is -4.40. The van der Waals surface area contributed by atoms with Gasteiger partial charge in [0.1, 0.15) is 5.82 Å². The van der Waals surface area contributed by atoms with Crippen molar-refractivity contribution in [3.05, 3.63) is 35.9 Å². The molecule has 1 heterocycles. The molecule has 2 aromatic rings. The van der Waals surface area contributed by atoms with Gasteiger partial charge < -0.3 is 10.1 Å². The number of nitrogens with one attached hydrogen (secondary N) is 2. The quantitative estimate of drug-likeness (QED) is 0.830. The lowest BCUT2D eigenvalue weighted by Gasteiger charge is -2.10. The molecule has 0 aliphatic rings. The minimum Gasteiger partial charge on any atom is -0.383 e. The van der Waals surface area contributed by atoms with Gasteiger partial charge in [-0.15, -0.1) is 0 Å². The number of alkyl halides is 3. The molecule has 0 fully saturated rings. The maximum Gasteiger partial charge on any atom is 0.417 e. The monoisotopic (exact) mass is 285 g/mol. The van der Waals surface area contributed by atoms with E-state index in [2.05, 4.69) is 15.5 Å². The molecule has 2 N–H and O–H groups in total. The van der Waals surface area contributed by atoms with Crippen LogP contribution in [0.15, 0.2) is 30.3 Å². The van der Waals surface area contributed by atoms with Crippen LogP contribution >= 0.6 is 0 Å². The molecular formula is C13H14F3N3O.